The number of rotatable bonds is 7. The Kier molecular flexibility index (Phi) is 6.62. The van der Waals surface area contributed by atoms with Gasteiger partial charge in [0.15, 0.2) is 5.82 Å². The second-order valence-corrected chi connectivity index (χ2v) is 7.52. The molecule has 0 bridgehead atoms. The van der Waals surface area contributed by atoms with Gasteiger partial charge in [0.05, 0.1) is 5.56 Å². The number of phenols is 1. The molecule has 0 radical (unpaired) electrons. The minimum Gasteiger partial charge on any atom is -0.507 e. The van der Waals surface area contributed by atoms with Gasteiger partial charge in [-0.25, -0.2) is 9.97 Å². The van der Waals surface area contributed by atoms with E-state index >= 15 is 0 Å². The molecular formula is C19H27ClN4O. The molecule has 6 heteroatoms. The molecule has 0 saturated heterocycles. The molecule has 2 aromatic rings. The average Bonchev–Trinajstić information content (AvgIpc) is 2.54. The topological polar surface area (TPSA) is 84.1 Å². The molecule has 2 rings (SSSR count). The number of nitrogens with one attached hydrogen (secondary N) is 1. The maximum absolute atomic E-state index is 10.1. The molecule has 0 aliphatic heterocycles. The number of benzene rings is 1. The van der Waals surface area contributed by atoms with Gasteiger partial charge in [-0.3, -0.25) is 0 Å². The molecule has 0 spiro atoms. The summed E-state index contributed by atoms with van der Waals surface area (Å²) in [6.45, 7) is 9.08. The number of halogens is 1. The van der Waals surface area contributed by atoms with Crippen molar-refractivity contribution in [1.29, 1.82) is 0 Å². The first-order chi connectivity index (χ1) is 11.8. The highest BCUT2D eigenvalue weighted by atomic mass is 35.5. The fraction of sp³-hybridized carbons (Fsp3) is 0.474. The van der Waals surface area contributed by atoms with E-state index in [0.29, 0.717) is 34.7 Å². The molecule has 0 aliphatic carbocycles. The van der Waals surface area contributed by atoms with E-state index in [2.05, 4.69) is 43.0 Å². The van der Waals surface area contributed by atoms with Crippen molar-refractivity contribution in [2.45, 2.75) is 46.1 Å². The quantitative estimate of drug-likeness (QED) is 0.679. The molecule has 0 amide bonds. The Morgan fingerprint density at radius 2 is 1.88 bits per heavy atom. The molecule has 136 valence electrons. The van der Waals surface area contributed by atoms with E-state index in [1.165, 1.54) is 0 Å². The fourth-order valence-electron chi connectivity index (χ4n) is 2.58. The maximum atomic E-state index is 10.1. The lowest BCUT2D eigenvalue weighted by molar-refractivity contribution is 0.477. The van der Waals surface area contributed by atoms with Crippen LogP contribution in [-0.4, -0.2) is 27.7 Å². The minimum atomic E-state index is 0.0560. The third kappa shape index (κ3) is 5.58. The van der Waals surface area contributed by atoms with Crippen LogP contribution in [0.5, 0.6) is 5.75 Å². The Balaban J connectivity index is 2.32. The summed E-state index contributed by atoms with van der Waals surface area (Å²) < 4.78 is 0. The lowest BCUT2D eigenvalue weighted by Gasteiger charge is -2.17. The molecule has 5 nitrogen and oxygen atoms in total. The Morgan fingerprint density at radius 1 is 1.16 bits per heavy atom. The number of hydrogen-bond donors (Lipinski definition) is 3. The molecule has 1 aromatic heterocycles. The number of phenolic OH excluding ortho intramolecular Hbond substituents is 1. The van der Waals surface area contributed by atoms with E-state index in [-0.39, 0.29) is 17.7 Å². The molecular weight excluding hydrogens is 336 g/mol. The van der Waals surface area contributed by atoms with Gasteiger partial charge in [0, 0.05) is 29.4 Å². The van der Waals surface area contributed by atoms with Crippen LogP contribution in [0, 0.1) is 5.92 Å². The van der Waals surface area contributed by atoms with E-state index < -0.39 is 0 Å². The summed E-state index contributed by atoms with van der Waals surface area (Å²) in [4.78, 5) is 9.12. The van der Waals surface area contributed by atoms with Crippen LogP contribution in [0.25, 0.3) is 11.4 Å². The normalized spacial score (nSPS) is 12.6. The van der Waals surface area contributed by atoms with Gasteiger partial charge in [-0.2, -0.15) is 0 Å². The van der Waals surface area contributed by atoms with Crippen LogP contribution >= 0.6 is 11.6 Å². The van der Waals surface area contributed by atoms with E-state index in [4.69, 9.17) is 17.3 Å². The van der Waals surface area contributed by atoms with Gasteiger partial charge >= 0.3 is 0 Å². The van der Waals surface area contributed by atoms with Gasteiger partial charge < -0.3 is 16.2 Å². The highest BCUT2D eigenvalue weighted by Gasteiger charge is 2.14. The third-order valence-corrected chi connectivity index (χ3v) is 4.09. The molecule has 25 heavy (non-hydrogen) atoms. The fourth-order valence-corrected chi connectivity index (χ4v) is 2.76. The number of anilines is 1. The molecule has 1 heterocycles. The van der Waals surface area contributed by atoms with Crippen molar-refractivity contribution in [3.63, 3.8) is 0 Å². The summed E-state index contributed by atoms with van der Waals surface area (Å²) in [5, 5.41) is 14.0. The molecule has 4 N–H and O–H groups in total. The number of aromatic nitrogens is 2. The van der Waals surface area contributed by atoms with Crippen molar-refractivity contribution in [3.05, 3.63) is 35.0 Å². The molecule has 0 unspecified atom stereocenters. The van der Waals surface area contributed by atoms with E-state index in [1.54, 1.807) is 18.2 Å². The van der Waals surface area contributed by atoms with Crippen LogP contribution in [0.15, 0.2) is 24.3 Å². The van der Waals surface area contributed by atoms with Crippen molar-refractivity contribution in [1.82, 2.24) is 9.97 Å². The van der Waals surface area contributed by atoms with Crippen molar-refractivity contribution in [3.8, 4) is 17.1 Å². The van der Waals surface area contributed by atoms with E-state index in [0.717, 1.165) is 12.1 Å². The van der Waals surface area contributed by atoms with E-state index in [9.17, 15) is 5.11 Å². The molecule has 1 aromatic carbocycles. The predicted octanol–water partition coefficient (Wildman–Crippen LogP) is 4.41. The number of hydrogen-bond acceptors (Lipinski definition) is 5. The van der Waals surface area contributed by atoms with Crippen LogP contribution in [0.1, 0.15) is 45.7 Å². The smallest absolute Gasteiger partial charge is 0.165 e. The SMILES string of the molecule is CC(C)C[C@H](N)CNc1cc(C(C)C)nc(-c2cc(Cl)ccc2O)n1. The van der Waals surface area contributed by atoms with Crippen molar-refractivity contribution in [2.24, 2.45) is 11.7 Å². The second-order valence-electron chi connectivity index (χ2n) is 7.09. The van der Waals surface area contributed by atoms with Crippen LogP contribution in [-0.2, 0) is 0 Å². The predicted molar refractivity (Wildman–Crippen MR) is 104 cm³/mol. The summed E-state index contributed by atoms with van der Waals surface area (Å²) in [5.41, 5.74) is 7.56. The number of nitrogens with zero attached hydrogens (tertiary/aromatic N) is 2. The Labute approximate surface area is 154 Å². The molecule has 0 saturated carbocycles. The summed E-state index contributed by atoms with van der Waals surface area (Å²) in [6, 6.07) is 6.84. The first kappa shape index (κ1) is 19.5. The molecule has 1 atom stereocenters. The highest BCUT2D eigenvalue weighted by molar-refractivity contribution is 6.30. The number of aromatic hydroxyl groups is 1. The van der Waals surface area contributed by atoms with E-state index in [1.807, 2.05) is 6.07 Å². The summed E-state index contributed by atoms with van der Waals surface area (Å²) in [7, 11) is 0. The van der Waals surface area contributed by atoms with Gasteiger partial charge in [0.25, 0.3) is 0 Å². The lowest BCUT2D eigenvalue weighted by Crippen LogP contribution is -2.30. The average molecular weight is 363 g/mol. The van der Waals surface area contributed by atoms with Gasteiger partial charge in [-0.1, -0.05) is 39.3 Å². The Bertz CT molecular complexity index is 719. The Hall–Kier alpha value is -1.85. The van der Waals surface area contributed by atoms with Gasteiger partial charge in [-0.15, -0.1) is 0 Å². The minimum absolute atomic E-state index is 0.0560. The maximum Gasteiger partial charge on any atom is 0.165 e. The number of nitrogens with two attached hydrogens (primary N) is 1. The van der Waals surface area contributed by atoms with Crippen LogP contribution in [0.4, 0.5) is 5.82 Å². The van der Waals surface area contributed by atoms with Crippen molar-refractivity contribution < 1.29 is 5.11 Å². The first-order valence-electron chi connectivity index (χ1n) is 8.63. The monoisotopic (exact) mass is 362 g/mol. The lowest BCUT2D eigenvalue weighted by atomic mass is 10.0. The standard InChI is InChI=1S/C19H27ClN4O/c1-11(2)7-14(21)10-22-18-9-16(12(3)4)23-19(24-18)15-8-13(20)5-6-17(15)25/h5-6,8-9,11-12,14,25H,7,10,21H2,1-4H3,(H,22,23,24)/t14-/m0/s1. The van der Waals surface area contributed by atoms with Crippen molar-refractivity contribution >= 4 is 17.4 Å². The van der Waals surface area contributed by atoms with Crippen LogP contribution < -0.4 is 11.1 Å². The van der Waals surface area contributed by atoms with Crippen LogP contribution in [0.3, 0.4) is 0 Å². The summed E-state index contributed by atoms with van der Waals surface area (Å²) in [5.74, 6) is 2.03. The largest absolute Gasteiger partial charge is 0.507 e. The third-order valence-electron chi connectivity index (χ3n) is 3.86. The first-order valence-corrected chi connectivity index (χ1v) is 9.01. The Morgan fingerprint density at radius 3 is 2.52 bits per heavy atom. The van der Waals surface area contributed by atoms with Crippen LogP contribution in [0.2, 0.25) is 5.02 Å². The molecule has 0 fully saturated rings. The zero-order chi connectivity index (χ0) is 18.6. The molecule has 0 aliphatic rings. The zero-order valence-corrected chi connectivity index (χ0v) is 16.0. The van der Waals surface area contributed by atoms with Crippen molar-refractivity contribution in [2.75, 3.05) is 11.9 Å². The van der Waals surface area contributed by atoms with Gasteiger partial charge in [0.1, 0.15) is 11.6 Å². The summed E-state index contributed by atoms with van der Waals surface area (Å²) >= 11 is 6.06. The summed E-state index contributed by atoms with van der Waals surface area (Å²) in [6.07, 6.45) is 0.942. The second kappa shape index (κ2) is 8.50. The van der Waals surface area contributed by atoms with Gasteiger partial charge in [0.2, 0.25) is 0 Å². The van der Waals surface area contributed by atoms with Gasteiger partial charge in [-0.05, 0) is 36.5 Å². The zero-order valence-electron chi connectivity index (χ0n) is 15.3. The highest BCUT2D eigenvalue weighted by Crippen LogP contribution is 2.31.